The summed E-state index contributed by atoms with van der Waals surface area (Å²) in [5.41, 5.74) is 0.642. The molecular weight excluding hydrogens is 282 g/mol. The zero-order valence-corrected chi connectivity index (χ0v) is 12.1. The first kappa shape index (κ1) is 14.0. The fourth-order valence-electron chi connectivity index (χ4n) is 1.50. The van der Waals surface area contributed by atoms with Gasteiger partial charge in [0.05, 0.1) is 12.7 Å². The Hall–Kier alpha value is -1.03. The van der Waals surface area contributed by atoms with E-state index in [0.29, 0.717) is 11.3 Å². The summed E-state index contributed by atoms with van der Waals surface area (Å²) < 4.78 is 5.93. The van der Waals surface area contributed by atoms with E-state index in [4.69, 9.17) is 4.74 Å². The van der Waals surface area contributed by atoms with Gasteiger partial charge < -0.3 is 9.64 Å². The molecule has 1 aromatic carbocycles. The quantitative estimate of drug-likeness (QED) is 0.835. The lowest BCUT2D eigenvalue weighted by molar-refractivity contribution is 0.0792. The number of methoxy groups -OCH3 is 1. The molecule has 1 amide bonds. The number of benzene rings is 1. The maximum absolute atomic E-state index is 12.2. The standard InChI is InChI=1S/C13H18BrNO2/c1-4-5-8-15(2)13(16)11-9-10(17-3)6-7-12(11)14/h6-7,9H,4-5,8H2,1-3H3. The Bertz CT molecular complexity index is 393. The van der Waals surface area contributed by atoms with Crippen molar-refractivity contribution < 1.29 is 9.53 Å². The molecule has 94 valence electrons. The largest absolute Gasteiger partial charge is 0.497 e. The second-order valence-electron chi connectivity index (χ2n) is 3.93. The van der Waals surface area contributed by atoms with Gasteiger partial charge in [0.25, 0.3) is 5.91 Å². The highest BCUT2D eigenvalue weighted by molar-refractivity contribution is 9.10. The van der Waals surface area contributed by atoms with Gasteiger partial charge in [-0.3, -0.25) is 4.79 Å². The molecule has 0 fully saturated rings. The van der Waals surface area contributed by atoms with Crippen LogP contribution in [0.15, 0.2) is 22.7 Å². The van der Waals surface area contributed by atoms with Crippen LogP contribution >= 0.6 is 15.9 Å². The maximum Gasteiger partial charge on any atom is 0.254 e. The number of hydrogen-bond acceptors (Lipinski definition) is 2. The Kier molecular flexibility index (Phi) is 5.48. The average Bonchev–Trinajstić information content (AvgIpc) is 2.35. The van der Waals surface area contributed by atoms with Crippen LogP contribution in [0, 0.1) is 0 Å². The van der Waals surface area contributed by atoms with Crippen molar-refractivity contribution in [1.29, 1.82) is 0 Å². The molecule has 0 aliphatic carbocycles. The van der Waals surface area contributed by atoms with Crippen LogP contribution in [-0.2, 0) is 0 Å². The van der Waals surface area contributed by atoms with Crippen LogP contribution in [0.25, 0.3) is 0 Å². The minimum Gasteiger partial charge on any atom is -0.497 e. The minimum atomic E-state index is 0.0178. The Balaban J connectivity index is 2.87. The zero-order chi connectivity index (χ0) is 12.8. The summed E-state index contributed by atoms with van der Waals surface area (Å²) in [6.07, 6.45) is 2.10. The SMILES string of the molecule is CCCCN(C)C(=O)c1cc(OC)ccc1Br. The van der Waals surface area contributed by atoms with E-state index in [1.807, 2.05) is 19.2 Å². The lowest BCUT2D eigenvalue weighted by atomic mass is 10.2. The molecule has 0 atom stereocenters. The van der Waals surface area contributed by atoms with Gasteiger partial charge in [0.15, 0.2) is 0 Å². The molecule has 0 bridgehead atoms. The molecule has 0 heterocycles. The van der Waals surface area contributed by atoms with Crippen molar-refractivity contribution in [1.82, 2.24) is 4.90 Å². The Morgan fingerprint density at radius 1 is 1.47 bits per heavy atom. The Labute approximate surface area is 111 Å². The van der Waals surface area contributed by atoms with E-state index in [2.05, 4.69) is 22.9 Å². The molecule has 0 radical (unpaired) electrons. The van der Waals surface area contributed by atoms with Gasteiger partial charge in [-0.2, -0.15) is 0 Å². The second-order valence-corrected chi connectivity index (χ2v) is 4.78. The number of unbranched alkanes of at least 4 members (excludes halogenated alkanes) is 1. The summed E-state index contributed by atoms with van der Waals surface area (Å²) in [5, 5.41) is 0. The molecule has 4 heteroatoms. The average molecular weight is 300 g/mol. The molecule has 0 spiro atoms. The zero-order valence-electron chi connectivity index (χ0n) is 10.5. The van der Waals surface area contributed by atoms with Crippen LogP contribution in [0.3, 0.4) is 0 Å². The number of amides is 1. The van der Waals surface area contributed by atoms with Crippen LogP contribution in [0.1, 0.15) is 30.1 Å². The highest BCUT2D eigenvalue weighted by Gasteiger charge is 2.15. The third kappa shape index (κ3) is 3.73. The molecule has 0 aromatic heterocycles. The van der Waals surface area contributed by atoms with Crippen LogP contribution in [0.4, 0.5) is 0 Å². The molecule has 0 saturated carbocycles. The lowest BCUT2D eigenvalue weighted by Crippen LogP contribution is -2.28. The summed E-state index contributed by atoms with van der Waals surface area (Å²) >= 11 is 3.39. The first-order valence-electron chi connectivity index (χ1n) is 5.69. The van der Waals surface area contributed by atoms with Crippen molar-refractivity contribution in [2.75, 3.05) is 20.7 Å². The molecule has 0 aliphatic heterocycles. The van der Waals surface area contributed by atoms with Crippen molar-refractivity contribution in [2.24, 2.45) is 0 Å². The van der Waals surface area contributed by atoms with E-state index in [1.54, 1.807) is 18.1 Å². The highest BCUT2D eigenvalue weighted by Crippen LogP contribution is 2.23. The van der Waals surface area contributed by atoms with Gasteiger partial charge in [-0.05, 0) is 40.5 Å². The van der Waals surface area contributed by atoms with Gasteiger partial charge in [0.1, 0.15) is 5.75 Å². The first-order chi connectivity index (χ1) is 8.10. The number of hydrogen-bond donors (Lipinski definition) is 0. The van der Waals surface area contributed by atoms with Crippen molar-refractivity contribution in [3.05, 3.63) is 28.2 Å². The van der Waals surface area contributed by atoms with E-state index in [1.165, 1.54) is 0 Å². The predicted octanol–water partition coefficient (Wildman–Crippen LogP) is 3.33. The Morgan fingerprint density at radius 2 is 2.18 bits per heavy atom. The fourth-order valence-corrected chi connectivity index (χ4v) is 1.91. The molecule has 17 heavy (non-hydrogen) atoms. The van der Waals surface area contributed by atoms with Gasteiger partial charge in [-0.1, -0.05) is 13.3 Å². The van der Waals surface area contributed by atoms with E-state index in [-0.39, 0.29) is 5.91 Å². The third-order valence-electron chi connectivity index (χ3n) is 2.60. The van der Waals surface area contributed by atoms with Crippen molar-refractivity contribution in [3.8, 4) is 5.75 Å². The molecule has 0 aliphatic rings. The number of rotatable bonds is 5. The molecular formula is C13H18BrNO2. The summed E-state index contributed by atoms with van der Waals surface area (Å²) in [6.45, 7) is 2.89. The van der Waals surface area contributed by atoms with Gasteiger partial charge in [-0.25, -0.2) is 0 Å². The summed E-state index contributed by atoms with van der Waals surface area (Å²) in [7, 11) is 3.42. The number of carbonyl (C=O) groups is 1. The van der Waals surface area contributed by atoms with Crippen LogP contribution < -0.4 is 4.74 Å². The second kappa shape index (κ2) is 6.64. The Morgan fingerprint density at radius 3 is 2.76 bits per heavy atom. The number of nitrogens with zero attached hydrogens (tertiary/aromatic N) is 1. The van der Waals surface area contributed by atoms with Crippen LogP contribution in [-0.4, -0.2) is 31.5 Å². The molecule has 0 saturated heterocycles. The predicted molar refractivity (Wildman–Crippen MR) is 72.6 cm³/mol. The fraction of sp³-hybridized carbons (Fsp3) is 0.462. The van der Waals surface area contributed by atoms with E-state index < -0.39 is 0 Å². The first-order valence-corrected chi connectivity index (χ1v) is 6.48. The van der Waals surface area contributed by atoms with Crippen LogP contribution in [0.2, 0.25) is 0 Å². The number of carbonyl (C=O) groups excluding carboxylic acids is 1. The van der Waals surface area contributed by atoms with Gasteiger partial charge in [0, 0.05) is 18.1 Å². The highest BCUT2D eigenvalue weighted by atomic mass is 79.9. The van der Waals surface area contributed by atoms with Crippen molar-refractivity contribution in [3.63, 3.8) is 0 Å². The monoisotopic (exact) mass is 299 g/mol. The lowest BCUT2D eigenvalue weighted by Gasteiger charge is -2.18. The summed E-state index contributed by atoms with van der Waals surface area (Å²) in [5.74, 6) is 0.713. The van der Waals surface area contributed by atoms with E-state index in [9.17, 15) is 4.79 Å². The number of ether oxygens (including phenoxy) is 1. The maximum atomic E-state index is 12.2. The van der Waals surface area contributed by atoms with Crippen molar-refractivity contribution in [2.45, 2.75) is 19.8 Å². The molecule has 0 N–H and O–H groups in total. The molecule has 3 nitrogen and oxygen atoms in total. The minimum absolute atomic E-state index is 0.0178. The molecule has 1 rings (SSSR count). The molecule has 1 aromatic rings. The number of halogens is 1. The van der Waals surface area contributed by atoms with Gasteiger partial charge >= 0.3 is 0 Å². The third-order valence-corrected chi connectivity index (χ3v) is 3.29. The van der Waals surface area contributed by atoms with Crippen LogP contribution in [0.5, 0.6) is 5.75 Å². The molecule has 0 unspecified atom stereocenters. The van der Waals surface area contributed by atoms with Gasteiger partial charge in [0.2, 0.25) is 0 Å². The topological polar surface area (TPSA) is 29.5 Å². The van der Waals surface area contributed by atoms with Gasteiger partial charge in [-0.15, -0.1) is 0 Å². The summed E-state index contributed by atoms with van der Waals surface area (Å²) in [4.78, 5) is 13.9. The normalized spacial score (nSPS) is 10.1. The van der Waals surface area contributed by atoms with E-state index in [0.717, 1.165) is 23.9 Å². The smallest absolute Gasteiger partial charge is 0.254 e. The summed E-state index contributed by atoms with van der Waals surface area (Å²) in [6, 6.07) is 5.42. The van der Waals surface area contributed by atoms with E-state index >= 15 is 0 Å². The van der Waals surface area contributed by atoms with Crippen molar-refractivity contribution >= 4 is 21.8 Å².